The summed E-state index contributed by atoms with van der Waals surface area (Å²) in [5.41, 5.74) is 11.4. The van der Waals surface area contributed by atoms with E-state index in [-0.39, 0.29) is 29.6 Å². The second-order valence-electron chi connectivity index (χ2n) is 7.69. The lowest BCUT2D eigenvalue weighted by molar-refractivity contribution is -0.122. The minimum absolute atomic E-state index is 0.101. The highest BCUT2D eigenvalue weighted by Gasteiger charge is 2.27. The Balaban J connectivity index is 0.000000191. The monoisotopic (exact) mass is 486 g/mol. The smallest absolute Gasteiger partial charge is 0.219 e. The average molecular weight is 487 g/mol. The Bertz CT molecular complexity index is 846. The molecule has 1 amide bonds. The standard InChI is InChI=1S/C10H15FN4O.C6H5Cl2N.C5H9NO/c1-6-4-15(3-2-7(6)16)10-8(11)9(12)13-5-14-10;7-4-1-5(8)3-6(9)2-4;7-5-3-1-2-4-6-5/h5-7,16H,2-4H2,1H3,(H2,12,13,14);1-3H,9H2;1-4H2,(H,6,7)/t6?,7-;;/m1../s1. The van der Waals surface area contributed by atoms with Crippen molar-refractivity contribution in [1.29, 1.82) is 0 Å². The first-order valence-electron chi connectivity index (χ1n) is 10.3. The van der Waals surface area contributed by atoms with Crippen molar-refractivity contribution in [1.82, 2.24) is 15.3 Å². The number of nitrogens with two attached hydrogens (primary N) is 2. The number of amides is 1. The Hall–Kier alpha value is -2.36. The van der Waals surface area contributed by atoms with E-state index in [0.29, 0.717) is 35.2 Å². The van der Waals surface area contributed by atoms with Gasteiger partial charge in [-0.15, -0.1) is 0 Å². The van der Waals surface area contributed by atoms with E-state index in [4.69, 9.17) is 34.7 Å². The number of hydrogen-bond donors (Lipinski definition) is 4. The molecule has 1 unspecified atom stereocenters. The van der Waals surface area contributed by atoms with Gasteiger partial charge in [-0.25, -0.2) is 9.97 Å². The molecule has 8 nitrogen and oxygen atoms in total. The number of piperidine rings is 2. The van der Waals surface area contributed by atoms with E-state index in [2.05, 4.69) is 15.3 Å². The highest BCUT2D eigenvalue weighted by Crippen LogP contribution is 2.25. The number of aromatic nitrogens is 2. The van der Waals surface area contributed by atoms with Crippen molar-refractivity contribution in [3.63, 3.8) is 0 Å². The molecule has 2 saturated heterocycles. The molecular formula is C21H29Cl2FN6O2. The van der Waals surface area contributed by atoms with Crippen LogP contribution < -0.4 is 21.7 Å². The van der Waals surface area contributed by atoms with Gasteiger partial charge in [-0.05, 0) is 43.4 Å². The van der Waals surface area contributed by atoms with Crippen molar-refractivity contribution in [2.45, 2.75) is 38.7 Å². The predicted octanol–water partition coefficient (Wildman–Crippen LogP) is 3.27. The van der Waals surface area contributed by atoms with Crippen LogP contribution in [0.5, 0.6) is 0 Å². The molecule has 6 N–H and O–H groups in total. The van der Waals surface area contributed by atoms with Gasteiger partial charge in [0.2, 0.25) is 11.7 Å². The van der Waals surface area contributed by atoms with Crippen molar-refractivity contribution < 1.29 is 14.3 Å². The number of benzene rings is 1. The number of hydrogen-bond acceptors (Lipinski definition) is 7. The van der Waals surface area contributed by atoms with Crippen LogP contribution in [-0.2, 0) is 4.79 Å². The van der Waals surface area contributed by atoms with Crippen LogP contribution in [0.15, 0.2) is 24.5 Å². The Morgan fingerprint density at radius 2 is 1.88 bits per heavy atom. The van der Waals surface area contributed by atoms with E-state index in [0.717, 1.165) is 25.8 Å². The van der Waals surface area contributed by atoms with Crippen LogP contribution in [0.4, 0.5) is 21.7 Å². The third kappa shape index (κ3) is 8.29. The fourth-order valence-corrected chi connectivity index (χ4v) is 3.76. The molecule has 1 aromatic carbocycles. The number of aliphatic hydroxyl groups excluding tert-OH is 1. The number of nitrogen functional groups attached to an aromatic ring is 2. The summed E-state index contributed by atoms with van der Waals surface area (Å²) in [5, 5.41) is 13.5. The number of carbonyl (C=O) groups excluding carboxylic acids is 1. The van der Waals surface area contributed by atoms with E-state index in [1.807, 2.05) is 6.92 Å². The van der Waals surface area contributed by atoms with Gasteiger partial charge in [0.05, 0.1) is 6.10 Å². The first-order chi connectivity index (χ1) is 15.2. The number of carbonyl (C=O) groups is 1. The van der Waals surface area contributed by atoms with Gasteiger partial charge in [0, 0.05) is 41.8 Å². The van der Waals surface area contributed by atoms with E-state index in [1.165, 1.54) is 6.33 Å². The maximum Gasteiger partial charge on any atom is 0.219 e. The zero-order valence-electron chi connectivity index (χ0n) is 17.9. The molecule has 0 saturated carbocycles. The highest BCUT2D eigenvalue weighted by atomic mass is 35.5. The van der Waals surface area contributed by atoms with Gasteiger partial charge in [-0.2, -0.15) is 4.39 Å². The van der Waals surface area contributed by atoms with Crippen molar-refractivity contribution in [2.24, 2.45) is 5.92 Å². The first-order valence-corrected chi connectivity index (χ1v) is 11.1. The second kappa shape index (κ2) is 12.6. The SMILES string of the molecule is CC1CN(c2ncnc(N)c2F)CC[C@H]1O.Nc1cc(Cl)cc(Cl)c1.O=C1CCCCN1. The molecule has 2 aliphatic heterocycles. The first kappa shape index (κ1) is 25.9. The van der Waals surface area contributed by atoms with Crippen LogP contribution in [0, 0.1) is 11.7 Å². The van der Waals surface area contributed by atoms with Gasteiger partial charge in [-0.3, -0.25) is 4.79 Å². The summed E-state index contributed by atoms with van der Waals surface area (Å²) < 4.78 is 13.7. The molecule has 2 aromatic rings. The average Bonchev–Trinajstić information content (AvgIpc) is 2.73. The number of rotatable bonds is 1. The minimum atomic E-state index is -0.578. The summed E-state index contributed by atoms with van der Waals surface area (Å²) in [7, 11) is 0. The quantitative estimate of drug-likeness (QED) is 0.454. The Labute approximate surface area is 197 Å². The molecule has 32 heavy (non-hydrogen) atoms. The summed E-state index contributed by atoms with van der Waals surface area (Å²) in [4.78, 5) is 19.6. The van der Waals surface area contributed by atoms with Gasteiger partial charge in [0.15, 0.2) is 11.6 Å². The number of anilines is 3. The normalized spacial score (nSPS) is 20.3. The lowest BCUT2D eigenvalue weighted by Gasteiger charge is -2.35. The maximum absolute atomic E-state index is 13.7. The maximum atomic E-state index is 13.7. The lowest BCUT2D eigenvalue weighted by atomic mass is 9.97. The Kier molecular flexibility index (Phi) is 10.2. The molecular weight excluding hydrogens is 458 g/mol. The van der Waals surface area contributed by atoms with Gasteiger partial charge in [0.1, 0.15) is 6.33 Å². The molecule has 2 fully saturated rings. The summed E-state index contributed by atoms with van der Waals surface area (Å²) in [6.45, 7) is 3.98. The van der Waals surface area contributed by atoms with Crippen molar-refractivity contribution in [3.05, 3.63) is 40.4 Å². The summed E-state index contributed by atoms with van der Waals surface area (Å²) in [6, 6.07) is 4.93. The van der Waals surface area contributed by atoms with Gasteiger partial charge < -0.3 is 26.8 Å². The molecule has 4 rings (SSSR count). The molecule has 1 aromatic heterocycles. The van der Waals surface area contributed by atoms with E-state index in [9.17, 15) is 14.3 Å². The molecule has 2 aliphatic rings. The van der Waals surface area contributed by atoms with E-state index >= 15 is 0 Å². The van der Waals surface area contributed by atoms with Crippen molar-refractivity contribution in [3.8, 4) is 0 Å². The van der Waals surface area contributed by atoms with Gasteiger partial charge in [0.25, 0.3) is 0 Å². The fraction of sp³-hybridized carbons (Fsp3) is 0.476. The van der Waals surface area contributed by atoms with Crippen molar-refractivity contribution >= 4 is 46.4 Å². The number of halogens is 3. The third-order valence-corrected chi connectivity index (χ3v) is 5.43. The van der Waals surface area contributed by atoms with Gasteiger partial charge >= 0.3 is 0 Å². The van der Waals surface area contributed by atoms with Crippen LogP contribution in [-0.4, -0.2) is 46.7 Å². The molecule has 2 atom stereocenters. The summed E-state index contributed by atoms with van der Waals surface area (Å²) >= 11 is 11.2. The summed E-state index contributed by atoms with van der Waals surface area (Å²) in [5.74, 6) is -0.170. The van der Waals surface area contributed by atoms with E-state index in [1.54, 1.807) is 23.1 Å². The Morgan fingerprint density at radius 3 is 2.38 bits per heavy atom. The Morgan fingerprint density at radius 1 is 1.19 bits per heavy atom. The van der Waals surface area contributed by atoms with Crippen LogP contribution in [0.25, 0.3) is 0 Å². The minimum Gasteiger partial charge on any atom is -0.399 e. The fourth-order valence-electron chi connectivity index (χ4n) is 3.22. The molecule has 0 bridgehead atoms. The zero-order valence-corrected chi connectivity index (χ0v) is 19.4. The predicted molar refractivity (Wildman–Crippen MR) is 126 cm³/mol. The number of aliphatic hydroxyl groups is 1. The zero-order chi connectivity index (χ0) is 23.7. The van der Waals surface area contributed by atoms with Crippen LogP contribution >= 0.6 is 23.2 Å². The largest absolute Gasteiger partial charge is 0.399 e. The molecule has 0 radical (unpaired) electrons. The molecule has 176 valence electrons. The van der Waals surface area contributed by atoms with Gasteiger partial charge in [-0.1, -0.05) is 30.1 Å². The topological polar surface area (TPSA) is 130 Å². The van der Waals surface area contributed by atoms with E-state index < -0.39 is 5.82 Å². The highest BCUT2D eigenvalue weighted by molar-refractivity contribution is 6.35. The van der Waals surface area contributed by atoms with Crippen LogP contribution in [0.2, 0.25) is 10.0 Å². The number of nitrogens with zero attached hydrogens (tertiary/aromatic N) is 3. The van der Waals surface area contributed by atoms with Crippen LogP contribution in [0.1, 0.15) is 32.6 Å². The second-order valence-corrected chi connectivity index (χ2v) is 8.56. The molecule has 11 heteroatoms. The third-order valence-electron chi connectivity index (χ3n) is 5.00. The molecule has 0 spiro atoms. The van der Waals surface area contributed by atoms with Crippen molar-refractivity contribution in [2.75, 3.05) is 36.0 Å². The molecule has 0 aliphatic carbocycles. The summed E-state index contributed by atoms with van der Waals surface area (Å²) in [6.07, 6.45) is 4.52. The molecule has 3 heterocycles. The lowest BCUT2D eigenvalue weighted by Crippen LogP contribution is -2.42. The van der Waals surface area contributed by atoms with Crippen LogP contribution in [0.3, 0.4) is 0 Å². The number of nitrogens with one attached hydrogen (secondary N) is 1.